The molecule has 3 heteroatoms. The second-order valence-corrected chi connectivity index (χ2v) is 4.95. The predicted molar refractivity (Wildman–Crippen MR) is 78.1 cm³/mol. The molecule has 0 saturated heterocycles. The van der Waals surface area contributed by atoms with Crippen molar-refractivity contribution in [2.24, 2.45) is 0 Å². The summed E-state index contributed by atoms with van der Waals surface area (Å²) in [5.41, 5.74) is 3.12. The molecular formula is C17H18O3. The van der Waals surface area contributed by atoms with Crippen LogP contribution in [0, 0.1) is 13.8 Å². The zero-order chi connectivity index (χ0) is 14.5. The number of hydrogen-bond donors (Lipinski definition) is 1. The van der Waals surface area contributed by atoms with Crippen LogP contribution >= 0.6 is 0 Å². The molecule has 1 atom stereocenters. The topological polar surface area (TPSA) is 46.5 Å². The smallest absolute Gasteiger partial charge is 0.345 e. The number of carboxylic acids is 1. The monoisotopic (exact) mass is 270 g/mol. The van der Waals surface area contributed by atoms with Crippen molar-refractivity contribution < 1.29 is 14.6 Å². The van der Waals surface area contributed by atoms with Gasteiger partial charge >= 0.3 is 5.97 Å². The third kappa shape index (κ3) is 3.85. The molecule has 0 saturated carbocycles. The van der Waals surface area contributed by atoms with Gasteiger partial charge in [-0.1, -0.05) is 42.0 Å². The Hall–Kier alpha value is -2.29. The number of carboxylic acid groups (broad SMARTS) is 1. The summed E-state index contributed by atoms with van der Waals surface area (Å²) < 4.78 is 5.60. The van der Waals surface area contributed by atoms with Crippen LogP contribution in [0.4, 0.5) is 0 Å². The molecule has 3 nitrogen and oxygen atoms in total. The SMILES string of the molecule is Cc1cccc(C[C@H](Oc2cccc(C)c2)C(=O)O)c1. The molecule has 0 bridgehead atoms. The molecule has 0 aliphatic carbocycles. The van der Waals surface area contributed by atoms with Gasteiger partial charge in [0.1, 0.15) is 5.75 Å². The standard InChI is InChI=1S/C17H18O3/c1-12-5-3-7-14(9-12)11-16(17(18)19)20-15-8-4-6-13(2)10-15/h3-10,16H,11H2,1-2H3,(H,18,19)/t16-/m0/s1. The van der Waals surface area contributed by atoms with Crippen LogP contribution in [0.1, 0.15) is 16.7 Å². The van der Waals surface area contributed by atoms with Crippen molar-refractivity contribution in [2.45, 2.75) is 26.4 Å². The molecule has 104 valence electrons. The van der Waals surface area contributed by atoms with E-state index in [4.69, 9.17) is 4.74 Å². The molecule has 2 aromatic carbocycles. The molecule has 20 heavy (non-hydrogen) atoms. The number of benzene rings is 2. The van der Waals surface area contributed by atoms with Crippen molar-refractivity contribution >= 4 is 5.97 Å². The molecule has 0 aliphatic rings. The van der Waals surface area contributed by atoms with E-state index in [2.05, 4.69) is 0 Å². The second kappa shape index (κ2) is 6.24. The van der Waals surface area contributed by atoms with E-state index in [0.29, 0.717) is 12.2 Å². The molecule has 2 aromatic rings. The van der Waals surface area contributed by atoms with Gasteiger partial charge in [0.2, 0.25) is 0 Å². The lowest BCUT2D eigenvalue weighted by Gasteiger charge is -2.16. The summed E-state index contributed by atoms with van der Waals surface area (Å²) in [4.78, 5) is 11.4. The molecule has 0 heterocycles. The Kier molecular flexibility index (Phi) is 4.41. The highest BCUT2D eigenvalue weighted by Crippen LogP contribution is 2.17. The van der Waals surface area contributed by atoms with Gasteiger partial charge in [-0.05, 0) is 37.1 Å². The molecule has 0 spiro atoms. The fourth-order valence-electron chi connectivity index (χ4n) is 2.09. The summed E-state index contributed by atoms with van der Waals surface area (Å²) in [5, 5.41) is 9.31. The zero-order valence-corrected chi connectivity index (χ0v) is 11.7. The highest BCUT2D eigenvalue weighted by Gasteiger charge is 2.20. The van der Waals surface area contributed by atoms with Crippen LogP contribution in [0.25, 0.3) is 0 Å². The minimum absolute atomic E-state index is 0.352. The van der Waals surface area contributed by atoms with Gasteiger partial charge in [-0.25, -0.2) is 4.79 Å². The summed E-state index contributed by atoms with van der Waals surface area (Å²) in [6, 6.07) is 15.2. The lowest BCUT2D eigenvalue weighted by Crippen LogP contribution is -2.29. The minimum Gasteiger partial charge on any atom is -0.478 e. The Labute approximate surface area is 118 Å². The number of aryl methyl sites for hydroxylation is 2. The number of aliphatic carboxylic acids is 1. The first kappa shape index (κ1) is 14.1. The lowest BCUT2D eigenvalue weighted by atomic mass is 10.1. The highest BCUT2D eigenvalue weighted by molar-refractivity contribution is 5.73. The van der Waals surface area contributed by atoms with E-state index in [1.165, 1.54) is 0 Å². The van der Waals surface area contributed by atoms with Crippen molar-refractivity contribution in [2.75, 3.05) is 0 Å². The maximum Gasteiger partial charge on any atom is 0.345 e. The van der Waals surface area contributed by atoms with Crippen molar-refractivity contribution in [1.29, 1.82) is 0 Å². The van der Waals surface area contributed by atoms with Gasteiger partial charge in [-0.15, -0.1) is 0 Å². The predicted octanol–water partition coefficient (Wildman–Crippen LogP) is 3.38. The van der Waals surface area contributed by atoms with E-state index in [1.807, 2.05) is 56.3 Å². The van der Waals surface area contributed by atoms with Crippen LogP contribution in [0.3, 0.4) is 0 Å². The van der Waals surface area contributed by atoms with Gasteiger partial charge in [-0.2, -0.15) is 0 Å². The van der Waals surface area contributed by atoms with E-state index in [0.717, 1.165) is 16.7 Å². The normalized spacial score (nSPS) is 11.9. The second-order valence-electron chi connectivity index (χ2n) is 4.95. The molecule has 0 amide bonds. The van der Waals surface area contributed by atoms with E-state index in [-0.39, 0.29) is 0 Å². The Morgan fingerprint density at radius 3 is 2.35 bits per heavy atom. The largest absolute Gasteiger partial charge is 0.478 e. The number of ether oxygens (including phenoxy) is 1. The van der Waals surface area contributed by atoms with E-state index < -0.39 is 12.1 Å². The van der Waals surface area contributed by atoms with E-state index in [1.54, 1.807) is 6.07 Å². The summed E-state index contributed by atoms with van der Waals surface area (Å²) in [7, 11) is 0. The summed E-state index contributed by atoms with van der Waals surface area (Å²) in [6.07, 6.45) is -0.524. The van der Waals surface area contributed by atoms with Crippen LogP contribution in [0.5, 0.6) is 5.75 Å². The van der Waals surface area contributed by atoms with Gasteiger partial charge in [0, 0.05) is 6.42 Å². The van der Waals surface area contributed by atoms with Crippen LogP contribution in [0.15, 0.2) is 48.5 Å². The van der Waals surface area contributed by atoms with Gasteiger partial charge in [0.05, 0.1) is 0 Å². The fraction of sp³-hybridized carbons (Fsp3) is 0.235. The third-order valence-corrected chi connectivity index (χ3v) is 3.05. The maximum absolute atomic E-state index is 11.4. The quantitative estimate of drug-likeness (QED) is 0.906. The van der Waals surface area contributed by atoms with Crippen LogP contribution < -0.4 is 4.74 Å². The molecule has 0 aliphatic heterocycles. The molecule has 1 N–H and O–H groups in total. The van der Waals surface area contributed by atoms with Crippen molar-refractivity contribution in [3.63, 3.8) is 0 Å². The van der Waals surface area contributed by atoms with Crippen molar-refractivity contribution in [3.8, 4) is 5.75 Å². The molecule has 0 unspecified atom stereocenters. The first-order valence-corrected chi connectivity index (χ1v) is 6.56. The van der Waals surface area contributed by atoms with Crippen LogP contribution in [-0.2, 0) is 11.2 Å². The van der Waals surface area contributed by atoms with Crippen molar-refractivity contribution in [1.82, 2.24) is 0 Å². The summed E-state index contributed by atoms with van der Waals surface area (Å²) in [6.45, 7) is 3.93. The molecule has 2 rings (SSSR count). The number of carbonyl (C=O) groups is 1. The number of rotatable bonds is 5. The summed E-state index contributed by atoms with van der Waals surface area (Å²) in [5.74, 6) is -0.363. The zero-order valence-electron chi connectivity index (χ0n) is 11.7. The Morgan fingerprint density at radius 1 is 1.10 bits per heavy atom. The molecular weight excluding hydrogens is 252 g/mol. The first-order chi connectivity index (χ1) is 9.54. The first-order valence-electron chi connectivity index (χ1n) is 6.56. The summed E-state index contributed by atoms with van der Waals surface area (Å²) >= 11 is 0. The molecule has 0 aromatic heterocycles. The fourth-order valence-corrected chi connectivity index (χ4v) is 2.09. The van der Waals surface area contributed by atoms with Gasteiger partial charge in [0.15, 0.2) is 6.10 Å². The Morgan fingerprint density at radius 2 is 1.75 bits per heavy atom. The third-order valence-electron chi connectivity index (χ3n) is 3.05. The Balaban J connectivity index is 2.13. The van der Waals surface area contributed by atoms with E-state index in [9.17, 15) is 9.90 Å². The van der Waals surface area contributed by atoms with E-state index >= 15 is 0 Å². The average molecular weight is 270 g/mol. The molecule has 0 radical (unpaired) electrons. The van der Waals surface area contributed by atoms with Gasteiger partial charge in [0.25, 0.3) is 0 Å². The van der Waals surface area contributed by atoms with Crippen LogP contribution in [0.2, 0.25) is 0 Å². The maximum atomic E-state index is 11.4. The minimum atomic E-state index is -0.951. The van der Waals surface area contributed by atoms with Crippen LogP contribution in [-0.4, -0.2) is 17.2 Å². The number of hydrogen-bond acceptors (Lipinski definition) is 2. The highest BCUT2D eigenvalue weighted by atomic mass is 16.5. The van der Waals surface area contributed by atoms with Gasteiger partial charge < -0.3 is 9.84 Å². The average Bonchev–Trinajstić information content (AvgIpc) is 2.38. The van der Waals surface area contributed by atoms with Gasteiger partial charge in [-0.3, -0.25) is 0 Å². The molecule has 0 fully saturated rings. The Bertz CT molecular complexity index is 557. The lowest BCUT2D eigenvalue weighted by molar-refractivity contribution is -0.145. The van der Waals surface area contributed by atoms with Crippen molar-refractivity contribution in [3.05, 3.63) is 65.2 Å².